The van der Waals surface area contributed by atoms with Gasteiger partial charge in [0.2, 0.25) is 0 Å². The summed E-state index contributed by atoms with van der Waals surface area (Å²) in [7, 11) is 0. The number of hydrogen-bond donors (Lipinski definition) is 0. The lowest BCUT2D eigenvalue weighted by molar-refractivity contribution is 0.112. The van der Waals surface area contributed by atoms with Crippen LogP contribution in [0.3, 0.4) is 0 Å². The fraction of sp³-hybridized carbons (Fsp3) is 0.0588. The van der Waals surface area contributed by atoms with Gasteiger partial charge in [0, 0.05) is 16.6 Å². The van der Waals surface area contributed by atoms with Gasteiger partial charge in [-0.05, 0) is 36.2 Å². The van der Waals surface area contributed by atoms with Gasteiger partial charge in [-0.2, -0.15) is 0 Å². The third-order valence-corrected chi connectivity index (χ3v) is 3.18. The molecule has 0 amide bonds. The van der Waals surface area contributed by atoms with Gasteiger partial charge in [-0.25, -0.2) is 0 Å². The van der Waals surface area contributed by atoms with Crippen LogP contribution < -0.4 is 0 Å². The molecular formula is C17H13NO. The first-order chi connectivity index (χ1) is 9.28. The second kappa shape index (κ2) is 4.65. The van der Waals surface area contributed by atoms with Crippen LogP contribution in [0.15, 0.2) is 54.6 Å². The molecule has 2 nitrogen and oxygen atoms in total. The molecule has 0 N–H and O–H groups in total. The Labute approximate surface area is 111 Å². The monoisotopic (exact) mass is 247 g/mol. The fourth-order valence-corrected chi connectivity index (χ4v) is 2.33. The summed E-state index contributed by atoms with van der Waals surface area (Å²) >= 11 is 0. The highest BCUT2D eigenvalue weighted by Crippen LogP contribution is 2.28. The van der Waals surface area contributed by atoms with Crippen LogP contribution in [0.1, 0.15) is 16.1 Å². The zero-order valence-electron chi connectivity index (χ0n) is 10.6. The second-order valence-corrected chi connectivity index (χ2v) is 4.57. The molecule has 3 rings (SSSR count). The smallest absolute Gasteiger partial charge is 0.150 e. The summed E-state index contributed by atoms with van der Waals surface area (Å²) in [5, 5.41) is 1.11. The normalized spacial score (nSPS) is 10.6. The Balaban J connectivity index is 2.31. The number of carbonyl (C=O) groups is 1. The molecule has 0 radical (unpaired) electrons. The van der Waals surface area contributed by atoms with Crippen LogP contribution >= 0.6 is 0 Å². The van der Waals surface area contributed by atoms with Crippen molar-refractivity contribution < 1.29 is 4.79 Å². The van der Waals surface area contributed by atoms with Gasteiger partial charge in [0.05, 0.1) is 5.52 Å². The van der Waals surface area contributed by atoms with Crippen molar-refractivity contribution in [2.24, 2.45) is 0 Å². The number of nitrogens with zero attached hydrogens (tertiary/aromatic N) is 1. The molecule has 0 fully saturated rings. The molecule has 2 heteroatoms. The lowest BCUT2D eigenvalue weighted by atomic mass is 9.99. The Kier molecular flexibility index (Phi) is 2.84. The van der Waals surface area contributed by atoms with Crippen molar-refractivity contribution in [3.63, 3.8) is 0 Å². The lowest BCUT2D eigenvalue weighted by Gasteiger charge is -2.08. The number of pyridine rings is 1. The van der Waals surface area contributed by atoms with E-state index in [1.54, 1.807) is 0 Å². The molecule has 0 spiro atoms. The van der Waals surface area contributed by atoms with Crippen molar-refractivity contribution in [2.75, 3.05) is 0 Å². The Morgan fingerprint density at radius 3 is 2.68 bits per heavy atom. The van der Waals surface area contributed by atoms with Crippen LogP contribution in [0.5, 0.6) is 0 Å². The van der Waals surface area contributed by atoms with Crippen LogP contribution in [0.2, 0.25) is 0 Å². The summed E-state index contributed by atoms with van der Waals surface area (Å²) in [6.07, 6.45) is 0.875. The van der Waals surface area contributed by atoms with E-state index in [9.17, 15) is 4.79 Å². The van der Waals surface area contributed by atoms with Crippen LogP contribution in [0, 0.1) is 6.92 Å². The van der Waals surface area contributed by atoms with E-state index in [1.165, 1.54) is 0 Å². The molecule has 0 aliphatic carbocycles. The number of para-hydroxylation sites is 1. The third-order valence-electron chi connectivity index (χ3n) is 3.18. The third kappa shape index (κ3) is 2.13. The number of fused-ring (bicyclic) bond motifs is 1. The Morgan fingerprint density at radius 2 is 1.84 bits per heavy atom. The van der Waals surface area contributed by atoms with E-state index >= 15 is 0 Å². The summed E-state index contributed by atoms with van der Waals surface area (Å²) in [4.78, 5) is 15.4. The number of aryl methyl sites for hydroxylation is 1. The predicted molar refractivity (Wildman–Crippen MR) is 77.3 cm³/mol. The van der Waals surface area contributed by atoms with Crippen molar-refractivity contribution in [3.05, 3.63) is 65.9 Å². The van der Waals surface area contributed by atoms with Crippen molar-refractivity contribution in [2.45, 2.75) is 6.92 Å². The maximum absolute atomic E-state index is 10.9. The zero-order chi connectivity index (χ0) is 13.2. The quantitative estimate of drug-likeness (QED) is 0.640. The highest BCUT2D eigenvalue weighted by Gasteiger charge is 2.06. The average Bonchev–Trinajstić information content (AvgIpc) is 2.46. The van der Waals surface area contributed by atoms with Crippen molar-refractivity contribution >= 4 is 17.2 Å². The van der Waals surface area contributed by atoms with E-state index in [-0.39, 0.29) is 0 Å². The minimum absolute atomic E-state index is 0.691. The van der Waals surface area contributed by atoms with Gasteiger partial charge >= 0.3 is 0 Å². The van der Waals surface area contributed by atoms with Crippen LogP contribution in [0.25, 0.3) is 22.0 Å². The van der Waals surface area contributed by atoms with Crippen molar-refractivity contribution in [1.29, 1.82) is 0 Å². The van der Waals surface area contributed by atoms with E-state index in [2.05, 4.69) is 17.1 Å². The maximum atomic E-state index is 10.9. The molecule has 1 heterocycles. The van der Waals surface area contributed by atoms with E-state index < -0.39 is 0 Å². The first kappa shape index (κ1) is 11.6. The molecule has 0 saturated carbocycles. The summed E-state index contributed by atoms with van der Waals surface area (Å²) in [5.74, 6) is 0. The number of benzene rings is 2. The zero-order valence-corrected chi connectivity index (χ0v) is 10.6. The van der Waals surface area contributed by atoms with E-state index in [0.29, 0.717) is 5.56 Å². The Bertz CT molecular complexity index is 762. The summed E-state index contributed by atoms with van der Waals surface area (Å²) < 4.78 is 0. The molecule has 92 valence electrons. The SMILES string of the molecule is Cc1cc(-c2cccc(C=O)c2)c2ccccc2n1. The first-order valence-corrected chi connectivity index (χ1v) is 6.20. The number of aromatic nitrogens is 1. The minimum Gasteiger partial charge on any atom is -0.298 e. The number of carbonyl (C=O) groups excluding carboxylic acids is 1. The highest BCUT2D eigenvalue weighted by molar-refractivity contribution is 5.95. The molecule has 1 aromatic heterocycles. The van der Waals surface area contributed by atoms with Crippen molar-refractivity contribution in [1.82, 2.24) is 4.98 Å². The molecule has 0 unspecified atom stereocenters. The van der Waals surface area contributed by atoms with E-state index in [1.807, 2.05) is 49.4 Å². The molecule has 0 saturated heterocycles. The van der Waals surface area contributed by atoms with E-state index in [4.69, 9.17) is 0 Å². The molecular weight excluding hydrogens is 234 g/mol. The summed E-state index contributed by atoms with van der Waals surface area (Å²) in [5.41, 5.74) is 4.81. The fourth-order valence-electron chi connectivity index (χ4n) is 2.33. The molecule has 3 aromatic rings. The van der Waals surface area contributed by atoms with Gasteiger partial charge < -0.3 is 0 Å². The second-order valence-electron chi connectivity index (χ2n) is 4.57. The van der Waals surface area contributed by atoms with Gasteiger partial charge in [-0.3, -0.25) is 9.78 Å². The molecule has 0 bridgehead atoms. The Morgan fingerprint density at radius 1 is 1.00 bits per heavy atom. The highest BCUT2D eigenvalue weighted by atomic mass is 16.1. The first-order valence-electron chi connectivity index (χ1n) is 6.20. The molecule has 0 atom stereocenters. The van der Waals surface area contributed by atoms with Crippen LogP contribution in [0.4, 0.5) is 0 Å². The van der Waals surface area contributed by atoms with Gasteiger partial charge in [0.1, 0.15) is 6.29 Å². The lowest BCUT2D eigenvalue weighted by Crippen LogP contribution is -1.89. The molecule has 0 aliphatic heterocycles. The standard InChI is InChI=1S/C17H13NO/c1-12-9-16(14-6-4-5-13(10-14)11-19)15-7-2-3-8-17(15)18-12/h2-11H,1H3. The van der Waals surface area contributed by atoms with Gasteiger partial charge in [-0.1, -0.05) is 36.4 Å². The van der Waals surface area contributed by atoms with Gasteiger partial charge in [0.25, 0.3) is 0 Å². The molecule has 0 aliphatic rings. The van der Waals surface area contributed by atoms with Crippen LogP contribution in [-0.2, 0) is 0 Å². The Hall–Kier alpha value is -2.48. The van der Waals surface area contributed by atoms with Crippen molar-refractivity contribution in [3.8, 4) is 11.1 Å². The van der Waals surface area contributed by atoms with Gasteiger partial charge in [-0.15, -0.1) is 0 Å². The number of hydrogen-bond acceptors (Lipinski definition) is 2. The molecule has 2 aromatic carbocycles. The van der Waals surface area contributed by atoms with E-state index in [0.717, 1.165) is 34.0 Å². The average molecular weight is 247 g/mol. The maximum Gasteiger partial charge on any atom is 0.150 e. The number of rotatable bonds is 2. The largest absolute Gasteiger partial charge is 0.298 e. The van der Waals surface area contributed by atoms with Gasteiger partial charge in [0.15, 0.2) is 0 Å². The summed E-state index contributed by atoms with van der Waals surface area (Å²) in [6, 6.07) is 17.8. The topological polar surface area (TPSA) is 30.0 Å². The summed E-state index contributed by atoms with van der Waals surface area (Å²) in [6.45, 7) is 1.99. The number of aldehydes is 1. The predicted octanol–water partition coefficient (Wildman–Crippen LogP) is 4.02. The minimum atomic E-state index is 0.691. The van der Waals surface area contributed by atoms with Crippen LogP contribution in [-0.4, -0.2) is 11.3 Å². The molecule has 19 heavy (non-hydrogen) atoms.